The van der Waals surface area contributed by atoms with E-state index in [4.69, 9.17) is 18.9 Å². The molecule has 34 heavy (non-hydrogen) atoms. The van der Waals surface area contributed by atoms with Gasteiger partial charge in [-0.3, -0.25) is 4.79 Å². The van der Waals surface area contributed by atoms with Gasteiger partial charge < -0.3 is 29.2 Å². The first kappa shape index (κ1) is 24.9. The predicted molar refractivity (Wildman–Crippen MR) is 123 cm³/mol. The second kappa shape index (κ2) is 13.1. The largest absolute Gasteiger partial charge is 0.489 e. The van der Waals surface area contributed by atoms with Crippen molar-refractivity contribution >= 4 is 18.0 Å². The number of amides is 2. The fraction of sp³-hybridized carbons (Fsp3) is 0.400. The lowest BCUT2D eigenvalue weighted by atomic mass is 10.1. The number of benzene rings is 2. The van der Waals surface area contributed by atoms with E-state index < -0.39 is 5.97 Å². The van der Waals surface area contributed by atoms with Gasteiger partial charge in [0.1, 0.15) is 18.1 Å². The van der Waals surface area contributed by atoms with Crippen LogP contribution in [0.4, 0.5) is 4.79 Å². The monoisotopic (exact) mass is 470 g/mol. The Morgan fingerprint density at radius 1 is 0.882 bits per heavy atom. The van der Waals surface area contributed by atoms with Gasteiger partial charge in [-0.15, -0.1) is 0 Å². The van der Waals surface area contributed by atoms with Gasteiger partial charge in [0.25, 0.3) is 5.91 Å². The molecule has 0 spiro atoms. The average Bonchev–Trinajstić information content (AvgIpc) is 2.87. The van der Waals surface area contributed by atoms with E-state index in [2.05, 4.69) is 5.32 Å². The van der Waals surface area contributed by atoms with Crippen LogP contribution in [0.3, 0.4) is 0 Å². The Bertz CT molecular complexity index is 926. The molecule has 0 saturated carbocycles. The minimum atomic E-state index is -0.642. The standard InChI is InChI=1S/C25H30N2O7/c1-2-31-25(30)27-14-12-20(13-15-27)26-23(28)17-34-24(29)18-33-22-10-8-21(9-11-22)32-16-19-6-4-3-5-7-19/h3-11,20H,2,12-18H2,1H3,(H,26,28). The molecule has 0 aliphatic carbocycles. The van der Waals surface area contributed by atoms with E-state index in [0.29, 0.717) is 50.6 Å². The number of piperidine rings is 1. The summed E-state index contributed by atoms with van der Waals surface area (Å²) in [5.41, 5.74) is 1.07. The first-order valence-electron chi connectivity index (χ1n) is 11.3. The lowest BCUT2D eigenvalue weighted by Crippen LogP contribution is -2.47. The van der Waals surface area contributed by atoms with Gasteiger partial charge in [0.2, 0.25) is 0 Å². The summed E-state index contributed by atoms with van der Waals surface area (Å²) in [6.45, 7) is 2.87. The molecule has 2 aromatic rings. The van der Waals surface area contributed by atoms with Crippen LogP contribution in [0, 0.1) is 0 Å². The van der Waals surface area contributed by atoms with E-state index >= 15 is 0 Å². The van der Waals surface area contributed by atoms with Gasteiger partial charge in [0.15, 0.2) is 13.2 Å². The smallest absolute Gasteiger partial charge is 0.409 e. The number of likely N-dealkylation sites (tertiary alicyclic amines) is 1. The Kier molecular flexibility index (Phi) is 9.57. The van der Waals surface area contributed by atoms with Gasteiger partial charge in [-0.1, -0.05) is 30.3 Å². The van der Waals surface area contributed by atoms with Crippen molar-refractivity contribution in [2.75, 3.05) is 32.9 Å². The third-order valence-corrected chi connectivity index (χ3v) is 5.18. The molecule has 0 bridgehead atoms. The van der Waals surface area contributed by atoms with Crippen LogP contribution in [0.1, 0.15) is 25.3 Å². The molecule has 1 aliphatic rings. The molecule has 182 valence electrons. The average molecular weight is 471 g/mol. The van der Waals surface area contributed by atoms with Crippen LogP contribution in [0.2, 0.25) is 0 Å². The molecule has 1 aliphatic heterocycles. The van der Waals surface area contributed by atoms with Crippen molar-refractivity contribution in [3.05, 3.63) is 60.2 Å². The predicted octanol–water partition coefficient (Wildman–Crippen LogP) is 2.92. The van der Waals surface area contributed by atoms with E-state index in [9.17, 15) is 14.4 Å². The van der Waals surface area contributed by atoms with E-state index in [0.717, 1.165) is 5.56 Å². The van der Waals surface area contributed by atoms with Crippen molar-refractivity contribution in [1.29, 1.82) is 0 Å². The van der Waals surface area contributed by atoms with Crippen molar-refractivity contribution in [2.24, 2.45) is 0 Å². The van der Waals surface area contributed by atoms with Crippen molar-refractivity contribution < 1.29 is 33.3 Å². The quantitative estimate of drug-likeness (QED) is 0.533. The van der Waals surface area contributed by atoms with Crippen molar-refractivity contribution in [3.63, 3.8) is 0 Å². The highest BCUT2D eigenvalue weighted by Gasteiger charge is 2.24. The van der Waals surface area contributed by atoms with Gasteiger partial charge in [0, 0.05) is 19.1 Å². The molecule has 9 nitrogen and oxygen atoms in total. The summed E-state index contributed by atoms with van der Waals surface area (Å²) >= 11 is 0. The first-order chi connectivity index (χ1) is 16.5. The molecule has 0 aromatic heterocycles. The fourth-order valence-corrected chi connectivity index (χ4v) is 3.39. The highest BCUT2D eigenvalue weighted by Crippen LogP contribution is 2.19. The van der Waals surface area contributed by atoms with Crippen LogP contribution in [0.5, 0.6) is 11.5 Å². The molecule has 0 atom stereocenters. The van der Waals surface area contributed by atoms with Crippen molar-refractivity contribution in [3.8, 4) is 11.5 Å². The normalized spacial score (nSPS) is 13.6. The number of hydrogen-bond acceptors (Lipinski definition) is 7. The number of rotatable bonds is 10. The van der Waals surface area contributed by atoms with Crippen LogP contribution in [-0.2, 0) is 25.7 Å². The second-order valence-corrected chi connectivity index (χ2v) is 7.72. The summed E-state index contributed by atoms with van der Waals surface area (Å²) in [6, 6.07) is 16.7. The van der Waals surface area contributed by atoms with Crippen LogP contribution in [0.15, 0.2) is 54.6 Å². The van der Waals surface area contributed by atoms with Crippen LogP contribution >= 0.6 is 0 Å². The van der Waals surface area contributed by atoms with E-state index in [1.54, 1.807) is 36.1 Å². The molecule has 1 saturated heterocycles. The molecule has 1 fully saturated rings. The SMILES string of the molecule is CCOC(=O)N1CCC(NC(=O)COC(=O)COc2ccc(OCc3ccccc3)cc2)CC1. The zero-order chi connectivity index (χ0) is 24.2. The minimum Gasteiger partial charge on any atom is -0.489 e. The summed E-state index contributed by atoms with van der Waals surface area (Å²) < 4.78 is 21.1. The van der Waals surface area contributed by atoms with Crippen LogP contribution < -0.4 is 14.8 Å². The van der Waals surface area contributed by atoms with Crippen molar-refractivity contribution in [2.45, 2.75) is 32.4 Å². The summed E-state index contributed by atoms with van der Waals surface area (Å²) in [4.78, 5) is 37.3. The van der Waals surface area contributed by atoms with E-state index in [-0.39, 0.29) is 31.3 Å². The van der Waals surface area contributed by atoms with Gasteiger partial charge in [-0.2, -0.15) is 0 Å². The second-order valence-electron chi connectivity index (χ2n) is 7.72. The fourth-order valence-electron chi connectivity index (χ4n) is 3.39. The maximum atomic E-state index is 12.1. The van der Waals surface area contributed by atoms with Crippen molar-refractivity contribution in [1.82, 2.24) is 10.2 Å². The zero-order valence-corrected chi connectivity index (χ0v) is 19.2. The molecule has 1 heterocycles. The Hall–Kier alpha value is -3.75. The molecular formula is C25H30N2O7. The van der Waals surface area contributed by atoms with Gasteiger partial charge in [0.05, 0.1) is 6.61 Å². The molecule has 0 radical (unpaired) electrons. The summed E-state index contributed by atoms with van der Waals surface area (Å²) in [5.74, 6) is 0.143. The number of nitrogens with zero attached hydrogens (tertiary/aromatic N) is 1. The van der Waals surface area contributed by atoms with Crippen LogP contribution in [0.25, 0.3) is 0 Å². The van der Waals surface area contributed by atoms with Gasteiger partial charge >= 0.3 is 12.1 Å². The third kappa shape index (κ3) is 8.31. The lowest BCUT2D eigenvalue weighted by molar-refractivity contribution is -0.150. The Balaban J connectivity index is 1.29. The maximum absolute atomic E-state index is 12.1. The van der Waals surface area contributed by atoms with Gasteiger partial charge in [-0.05, 0) is 49.6 Å². The summed E-state index contributed by atoms with van der Waals surface area (Å²) in [6.07, 6.45) is 0.898. The summed E-state index contributed by atoms with van der Waals surface area (Å²) in [5, 5.41) is 2.82. The maximum Gasteiger partial charge on any atom is 0.409 e. The topological polar surface area (TPSA) is 103 Å². The number of esters is 1. The lowest BCUT2D eigenvalue weighted by Gasteiger charge is -2.31. The molecule has 2 aromatic carbocycles. The third-order valence-electron chi connectivity index (χ3n) is 5.18. The minimum absolute atomic E-state index is 0.0734. The molecule has 2 amide bonds. The Morgan fingerprint density at radius 3 is 2.18 bits per heavy atom. The van der Waals surface area contributed by atoms with E-state index in [1.807, 2.05) is 30.3 Å². The highest BCUT2D eigenvalue weighted by atomic mass is 16.6. The molecule has 1 N–H and O–H groups in total. The van der Waals surface area contributed by atoms with E-state index in [1.165, 1.54) is 0 Å². The highest BCUT2D eigenvalue weighted by molar-refractivity contribution is 5.81. The van der Waals surface area contributed by atoms with Gasteiger partial charge in [-0.25, -0.2) is 9.59 Å². The van der Waals surface area contributed by atoms with Crippen LogP contribution in [-0.4, -0.2) is 61.8 Å². The number of ether oxygens (including phenoxy) is 4. The summed E-state index contributed by atoms with van der Waals surface area (Å²) in [7, 11) is 0. The zero-order valence-electron chi connectivity index (χ0n) is 19.2. The number of hydrogen-bond donors (Lipinski definition) is 1. The molecular weight excluding hydrogens is 440 g/mol. The number of carbonyl (C=O) groups excluding carboxylic acids is 3. The molecule has 9 heteroatoms. The number of carbonyl (C=O) groups is 3. The Labute approximate surface area is 198 Å². The molecule has 0 unspecified atom stereocenters. The Morgan fingerprint density at radius 2 is 1.53 bits per heavy atom. The number of nitrogens with one attached hydrogen (secondary N) is 1. The first-order valence-corrected chi connectivity index (χ1v) is 11.3. The molecule has 3 rings (SSSR count).